The van der Waals surface area contributed by atoms with Gasteiger partial charge in [-0.3, -0.25) is 0 Å². The van der Waals surface area contributed by atoms with Crippen molar-refractivity contribution >= 4 is 23.4 Å². The molecule has 0 radical (unpaired) electrons. The number of ether oxygens (including phenoxy) is 2. The molecule has 102 valence electrons. The van der Waals surface area contributed by atoms with Crippen molar-refractivity contribution in [1.29, 1.82) is 0 Å². The Balaban J connectivity index is 2.22. The summed E-state index contributed by atoms with van der Waals surface area (Å²) >= 11 is 5.97. The van der Waals surface area contributed by atoms with Gasteiger partial charge in [0.25, 0.3) is 0 Å². The largest absolute Gasteiger partial charge is 0.382 e. The SMILES string of the molecule is CNc1ncc(Cl)c(NCCCOCCOC)n1. The van der Waals surface area contributed by atoms with E-state index in [1.165, 1.54) is 0 Å². The van der Waals surface area contributed by atoms with Crippen LogP contribution in [-0.2, 0) is 9.47 Å². The molecule has 0 aromatic carbocycles. The molecule has 0 saturated heterocycles. The van der Waals surface area contributed by atoms with Crippen LogP contribution in [0.15, 0.2) is 6.20 Å². The number of nitrogens with zero attached hydrogens (tertiary/aromatic N) is 2. The third-order valence-electron chi connectivity index (χ3n) is 2.16. The average Bonchev–Trinajstić information content (AvgIpc) is 2.39. The van der Waals surface area contributed by atoms with E-state index in [0.717, 1.165) is 13.0 Å². The van der Waals surface area contributed by atoms with Crippen molar-refractivity contribution in [2.75, 3.05) is 51.2 Å². The average molecular weight is 275 g/mol. The van der Waals surface area contributed by atoms with Gasteiger partial charge in [0.2, 0.25) is 5.95 Å². The number of methoxy groups -OCH3 is 1. The fourth-order valence-electron chi connectivity index (χ4n) is 1.24. The van der Waals surface area contributed by atoms with Gasteiger partial charge in [0.05, 0.1) is 19.4 Å². The van der Waals surface area contributed by atoms with E-state index in [-0.39, 0.29) is 0 Å². The highest BCUT2D eigenvalue weighted by molar-refractivity contribution is 6.32. The predicted octanol–water partition coefficient (Wildman–Crippen LogP) is 1.64. The molecule has 0 amide bonds. The molecule has 0 unspecified atom stereocenters. The summed E-state index contributed by atoms with van der Waals surface area (Å²) in [6.07, 6.45) is 2.44. The molecule has 0 aliphatic heterocycles. The molecule has 0 fully saturated rings. The smallest absolute Gasteiger partial charge is 0.224 e. The lowest BCUT2D eigenvalue weighted by atomic mass is 10.4. The lowest BCUT2D eigenvalue weighted by Gasteiger charge is -2.08. The molecule has 6 nitrogen and oxygen atoms in total. The van der Waals surface area contributed by atoms with Crippen molar-refractivity contribution in [3.05, 3.63) is 11.2 Å². The monoisotopic (exact) mass is 274 g/mol. The van der Waals surface area contributed by atoms with Crippen molar-refractivity contribution in [3.63, 3.8) is 0 Å². The zero-order chi connectivity index (χ0) is 13.2. The Morgan fingerprint density at radius 1 is 1.33 bits per heavy atom. The molecule has 1 heterocycles. The lowest BCUT2D eigenvalue weighted by molar-refractivity contribution is 0.0705. The van der Waals surface area contributed by atoms with Gasteiger partial charge in [-0.2, -0.15) is 4.98 Å². The summed E-state index contributed by atoms with van der Waals surface area (Å²) in [6.45, 7) is 2.66. The van der Waals surface area contributed by atoms with Crippen molar-refractivity contribution in [3.8, 4) is 0 Å². The number of nitrogens with one attached hydrogen (secondary N) is 2. The van der Waals surface area contributed by atoms with Crippen LogP contribution in [0, 0.1) is 0 Å². The number of hydrogen-bond donors (Lipinski definition) is 2. The van der Waals surface area contributed by atoms with Crippen LogP contribution < -0.4 is 10.6 Å². The Kier molecular flexibility index (Phi) is 7.40. The molecule has 7 heteroatoms. The zero-order valence-electron chi connectivity index (χ0n) is 10.7. The molecule has 0 spiro atoms. The first kappa shape index (κ1) is 14.9. The molecule has 1 rings (SSSR count). The van der Waals surface area contributed by atoms with Gasteiger partial charge in [-0.15, -0.1) is 0 Å². The van der Waals surface area contributed by atoms with Crippen LogP contribution >= 0.6 is 11.6 Å². The van der Waals surface area contributed by atoms with Gasteiger partial charge in [-0.1, -0.05) is 11.6 Å². The molecule has 0 atom stereocenters. The van der Waals surface area contributed by atoms with E-state index >= 15 is 0 Å². The summed E-state index contributed by atoms with van der Waals surface area (Å²) in [6, 6.07) is 0. The minimum Gasteiger partial charge on any atom is -0.382 e. The van der Waals surface area contributed by atoms with Crippen LogP contribution in [0.1, 0.15) is 6.42 Å². The predicted molar refractivity (Wildman–Crippen MR) is 72.4 cm³/mol. The first-order chi connectivity index (χ1) is 8.77. The van der Waals surface area contributed by atoms with Crippen molar-refractivity contribution in [2.45, 2.75) is 6.42 Å². The first-order valence-corrected chi connectivity index (χ1v) is 6.16. The summed E-state index contributed by atoms with van der Waals surface area (Å²) < 4.78 is 10.2. The standard InChI is InChI=1S/C11H19ClN4O2/c1-13-11-15-8-9(12)10(16-11)14-4-3-5-18-7-6-17-2/h8H,3-7H2,1-2H3,(H2,13,14,15,16). The van der Waals surface area contributed by atoms with Crippen molar-refractivity contribution < 1.29 is 9.47 Å². The fraction of sp³-hybridized carbons (Fsp3) is 0.636. The number of anilines is 2. The molecule has 1 aromatic heterocycles. The Morgan fingerprint density at radius 3 is 2.89 bits per heavy atom. The van der Waals surface area contributed by atoms with Crippen molar-refractivity contribution in [1.82, 2.24) is 9.97 Å². The van der Waals surface area contributed by atoms with E-state index in [9.17, 15) is 0 Å². The Hall–Kier alpha value is -1.11. The zero-order valence-corrected chi connectivity index (χ0v) is 11.5. The highest BCUT2D eigenvalue weighted by Gasteiger charge is 2.03. The Labute approximate surface area is 112 Å². The van der Waals surface area contributed by atoms with E-state index in [0.29, 0.717) is 36.6 Å². The minimum absolute atomic E-state index is 0.509. The molecule has 0 aliphatic carbocycles. The second kappa shape index (κ2) is 8.91. The maximum Gasteiger partial charge on any atom is 0.224 e. The van der Waals surface area contributed by atoms with Crippen LogP contribution in [0.2, 0.25) is 5.02 Å². The quantitative estimate of drug-likeness (QED) is 0.667. The molecule has 1 aromatic rings. The van der Waals surface area contributed by atoms with Gasteiger partial charge in [-0.25, -0.2) is 4.98 Å². The van der Waals surface area contributed by atoms with Crippen LogP contribution in [0.3, 0.4) is 0 Å². The third kappa shape index (κ3) is 5.48. The van der Waals surface area contributed by atoms with Crippen LogP contribution in [0.25, 0.3) is 0 Å². The summed E-state index contributed by atoms with van der Waals surface area (Å²) in [4.78, 5) is 8.21. The Morgan fingerprint density at radius 2 is 2.17 bits per heavy atom. The lowest BCUT2D eigenvalue weighted by Crippen LogP contribution is -2.10. The Bertz CT molecular complexity index is 352. The van der Waals surface area contributed by atoms with Crippen LogP contribution in [-0.4, -0.2) is 50.5 Å². The van der Waals surface area contributed by atoms with Gasteiger partial charge >= 0.3 is 0 Å². The maximum atomic E-state index is 5.97. The number of hydrogen-bond acceptors (Lipinski definition) is 6. The van der Waals surface area contributed by atoms with Gasteiger partial charge in [-0.05, 0) is 6.42 Å². The molecule has 0 saturated carbocycles. The molecular formula is C11H19ClN4O2. The van der Waals surface area contributed by atoms with Crippen molar-refractivity contribution in [2.24, 2.45) is 0 Å². The van der Waals surface area contributed by atoms with Gasteiger partial charge in [0.15, 0.2) is 0 Å². The summed E-state index contributed by atoms with van der Waals surface area (Å²) in [5, 5.41) is 6.51. The second-order valence-corrected chi connectivity index (χ2v) is 3.93. The molecule has 2 N–H and O–H groups in total. The summed E-state index contributed by atoms with van der Waals surface area (Å²) in [5.74, 6) is 1.17. The number of halogens is 1. The van der Waals surface area contributed by atoms with E-state index in [4.69, 9.17) is 21.1 Å². The maximum absolute atomic E-state index is 5.97. The van der Waals surface area contributed by atoms with E-state index < -0.39 is 0 Å². The van der Waals surface area contributed by atoms with Gasteiger partial charge in [0, 0.05) is 27.3 Å². The molecule has 18 heavy (non-hydrogen) atoms. The number of aromatic nitrogens is 2. The first-order valence-electron chi connectivity index (χ1n) is 5.78. The van der Waals surface area contributed by atoms with Crippen LogP contribution in [0.5, 0.6) is 0 Å². The highest BCUT2D eigenvalue weighted by atomic mass is 35.5. The van der Waals surface area contributed by atoms with Crippen LogP contribution in [0.4, 0.5) is 11.8 Å². The van der Waals surface area contributed by atoms with E-state index in [1.54, 1.807) is 20.4 Å². The summed E-state index contributed by atoms with van der Waals surface area (Å²) in [5.41, 5.74) is 0. The van der Waals surface area contributed by atoms with Gasteiger partial charge < -0.3 is 20.1 Å². The second-order valence-electron chi connectivity index (χ2n) is 3.53. The topological polar surface area (TPSA) is 68.3 Å². The van der Waals surface area contributed by atoms with Gasteiger partial charge in [0.1, 0.15) is 10.8 Å². The van der Waals surface area contributed by atoms with E-state index in [2.05, 4.69) is 20.6 Å². The fourth-order valence-corrected chi connectivity index (χ4v) is 1.39. The number of rotatable bonds is 9. The molecule has 0 bridgehead atoms. The summed E-state index contributed by atoms with van der Waals surface area (Å²) in [7, 11) is 3.41. The normalized spacial score (nSPS) is 10.4. The molecule has 0 aliphatic rings. The minimum atomic E-state index is 0.509. The molecular weight excluding hydrogens is 256 g/mol. The van der Waals surface area contributed by atoms with E-state index in [1.807, 2.05) is 0 Å². The highest BCUT2D eigenvalue weighted by Crippen LogP contribution is 2.18. The third-order valence-corrected chi connectivity index (χ3v) is 2.43.